The van der Waals surface area contributed by atoms with Gasteiger partial charge in [0, 0.05) is 24.4 Å². The number of alkyl halides is 3. The standard InChI is InChI=1S/C7H7F3N2S/c8-7(9,10)5-3-13-6(12-5)4-1-11-2-4/h3-4,11H,1-2H2. The van der Waals surface area contributed by atoms with Crippen molar-refractivity contribution >= 4 is 11.3 Å². The van der Waals surface area contributed by atoms with Gasteiger partial charge in [-0.05, 0) is 0 Å². The molecule has 2 heterocycles. The first-order valence-corrected chi connectivity index (χ1v) is 4.68. The number of rotatable bonds is 1. The molecule has 6 heteroatoms. The molecule has 1 aliphatic rings. The third-order valence-electron chi connectivity index (χ3n) is 1.94. The van der Waals surface area contributed by atoms with Crippen molar-refractivity contribution in [3.05, 3.63) is 16.1 Å². The highest BCUT2D eigenvalue weighted by atomic mass is 32.1. The van der Waals surface area contributed by atoms with Gasteiger partial charge in [-0.15, -0.1) is 11.3 Å². The summed E-state index contributed by atoms with van der Waals surface area (Å²) in [6.07, 6.45) is -4.30. The van der Waals surface area contributed by atoms with Gasteiger partial charge in [0.05, 0.1) is 5.01 Å². The predicted octanol–water partition coefficient (Wildman–Crippen LogP) is 1.85. The second kappa shape index (κ2) is 2.95. The third-order valence-corrected chi connectivity index (χ3v) is 2.95. The van der Waals surface area contributed by atoms with Crippen LogP contribution in [0, 0.1) is 0 Å². The average molecular weight is 208 g/mol. The summed E-state index contributed by atoms with van der Waals surface area (Å²) in [5.74, 6) is 0.182. The Labute approximate surface area is 76.8 Å². The van der Waals surface area contributed by atoms with Crippen molar-refractivity contribution in [1.29, 1.82) is 0 Å². The molecule has 0 spiro atoms. The van der Waals surface area contributed by atoms with Gasteiger partial charge in [-0.2, -0.15) is 13.2 Å². The van der Waals surface area contributed by atoms with E-state index in [0.717, 1.165) is 29.8 Å². The lowest BCUT2D eigenvalue weighted by atomic mass is 10.1. The summed E-state index contributed by atoms with van der Waals surface area (Å²) in [5, 5.41) is 4.66. The Morgan fingerprint density at radius 1 is 1.46 bits per heavy atom. The molecule has 1 aromatic rings. The van der Waals surface area contributed by atoms with Crippen LogP contribution >= 0.6 is 11.3 Å². The highest BCUT2D eigenvalue weighted by molar-refractivity contribution is 7.09. The summed E-state index contributed by atoms with van der Waals surface area (Å²) in [4.78, 5) is 3.56. The van der Waals surface area contributed by atoms with Crippen LogP contribution in [0.25, 0.3) is 0 Å². The zero-order chi connectivity index (χ0) is 9.47. The number of aromatic nitrogens is 1. The number of thiazole rings is 1. The highest BCUT2D eigenvalue weighted by Crippen LogP contribution is 2.32. The van der Waals surface area contributed by atoms with Crippen LogP contribution in [0.5, 0.6) is 0 Å². The van der Waals surface area contributed by atoms with Gasteiger partial charge in [0.25, 0.3) is 0 Å². The second-order valence-corrected chi connectivity index (χ2v) is 3.81. The SMILES string of the molecule is FC(F)(F)c1csc(C2CNC2)n1. The number of hydrogen-bond acceptors (Lipinski definition) is 3. The maximum absolute atomic E-state index is 12.1. The molecule has 1 fully saturated rings. The molecule has 2 rings (SSSR count). The van der Waals surface area contributed by atoms with Crippen LogP contribution in [0.15, 0.2) is 5.38 Å². The van der Waals surface area contributed by atoms with Crippen molar-refractivity contribution in [3.63, 3.8) is 0 Å². The van der Waals surface area contributed by atoms with Crippen LogP contribution in [0.2, 0.25) is 0 Å². The van der Waals surface area contributed by atoms with Crippen molar-refractivity contribution in [3.8, 4) is 0 Å². The fourth-order valence-corrected chi connectivity index (χ4v) is 2.00. The van der Waals surface area contributed by atoms with E-state index in [2.05, 4.69) is 10.3 Å². The van der Waals surface area contributed by atoms with Gasteiger partial charge in [-0.25, -0.2) is 4.98 Å². The lowest BCUT2D eigenvalue weighted by Crippen LogP contribution is -2.39. The van der Waals surface area contributed by atoms with Crippen LogP contribution in [-0.4, -0.2) is 18.1 Å². The minimum atomic E-state index is -4.30. The van der Waals surface area contributed by atoms with E-state index < -0.39 is 11.9 Å². The van der Waals surface area contributed by atoms with Crippen LogP contribution in [0.1, 0.15) is 16.6 Å². The van der Waals surface area contributed by atoms with Gasteiger partial charge in [-0.1, -0.05) is 0 Å². The first-order valence-electron chi connectivity index (χ1n) is 3.80. The summed E-state index contributed by atoms with van der Waals surface area (Å²) < 4.78 is 36.3. The van der Waals surface area contributed by atoms with Gasteiger partial charge in [-0.3, -0.25) is 0 Å². The molecule has 72 valence electrons. The van der Waals surface area contributed by atoms with Gasteiger partial charge >= 0.3 is 6.18 Å². The Morgan fingerprint density at radius 3 is 2.54 bits per heavy atom. The quantitative estimate of drug-likeness (QED) is 0.761. The van der Waals surface area contributed by atoms with Crippen LogP contribution in [0.4, 0.5) is 13.2 Å². The number of halogens is 3. The Hall–Kier alpha value is -0.620. The van der Waals surface area contributed by atoms with Crippen molar-refractivity contribution < 1.29 is 13.2 Å². The molecule has 0 amide bonds. The number of hydrogen-bond donors (Lipinski definition) is 1. The molecule has 0 aliphatic carbocycles. The van der Waals surface area contributed by atoms with Gasteiger partial charge in [0.15, 0.2) is 5.69 Å². The lowest BCUT2D eigenvalue weighted by molar-refractivity contribution is -0.140. The molecular formula is C7H7F3N2S. The van der Waals surface area contributed by atoms with E-state index in [1.807, 2.05) is 0 Å². The Morgan fingerprint density at radius 2 is 2.15 bits per heavy atom. The monoisotopic (exact) mass is 208 g/mol. The van der Waals surface area contributed by atoms with Crippen molar-refractivity contribution in [2.75, 3.05) is 13.1 Å². The molecule has 2 nitrogen and oxygen atoms in total. The molecule has 0 bridgehead atoms. The summed E-state index contributed by atoms with van der Waals surface area (Å²) in [5.41, 5.74) is -0.764. The molecule has 1 aromatic heterocycles. The highest BCUT2D eigenvalue weighted by Gasteiger charge is 2.35. The number of nitrogens with zero attached hydrogens (tertiary/aromatic N) is 1. The maximum Gasteiger partial charge on any atom is 0.434 e. The predicted molar refractivity (Wildman–Crippen MR) is 42.7 cm³/mol. The molecule has 0 aromatic carbocycles. The Kier molecular flexibility index (Phi) is 2.03. The molecule has 13 heavy (non-hydrogen) atoms. The molecule has 0 radical (unpaired) electrons. The van der Waals surface area contributed by atoms with Crippen molar-refractivity contribution in [2.45, 2.75) is 12.1 Å². The topological polar surface area (TPSA) is 24.9 Å². The summed E-state index contributed by atoms with van der Waals surface area (Å²) >= 11 is 1.09. The number of nitrogens with one attached hydrogen (secondary N) is 1. The molecule has 0 saturated carbocycles. The largest absolute Gasteiger partial charge is 0.434 e. The molecule has 1 saturated heterocycles. The lowest BCUT2D eigenvalue weighted by Gasteiger charge is -2.24. The van der Waals surface area contributed by atoms with E-state index >= 15 is 0 Å². The van der Waals surface area contributed by atoms with Crippen LogP contribution in [-0.2, 0) is 6.18 Å². The minimum absolute atomic E-state index is 0.182. The zero-order valence-corrected chi connectivity index (χ0v) is 7.37. The summed E-state index contributed by atoms with van der Waals surface area (Å²) in [6.45, 7) is 1.48. The third kappa shape index (κ3) is 1.68. The normalized spacial score (nSPS) is 18.7. The van der Waals surface area contributed by atoms with E-state index in [9.17, 15) is 13.2 Å². The molecule has 1 N–H and O–H groups in total. The van der Waals surface area contributed by atoms with E-state index in [-0.39, 0.29) is 5.92 Å². The Bertz CT molecular complexity index is 303. The smallest absolute Gasteiger partial charge is 0.315 e. The minimum Gasteiger partial charge on any atom is -0.315 e. The molecule has 0 unspecified atom stereocenters. The fraction of sp³-hybridized carbons (Fsp3) is 0.571. The van der Waals surface area contributed by atoms with Gasteiger partial charge < -0.3 is 5.32 Å². The van der Waals surface area contributed by atoms with Crippen molar-refractivity contribution in [2.24, 2.45) is 0 Å². The first-order chi connectivity index (χ1) is 6.07. The Balaban J connectivity index is 2.17. The summed E-state index contributed by atoms with van der Waals surface area (Å²) in [6, 6.07) is 0. The second-order valence-electron chi connectivity index (χ2n) is 2.92. The fourth-order valence-electron chi connectivity index (χ4n) is 1.07. The van der Waals surface area contributed by atoms with Crippen LogP contribution < -0.4 is 5.32 Å². The maximum atomic E-state index is 12.1. The van der Waals surface area contributed by atoms with Gasteiger partial charge in [0.2, 0.25) is 0 Å². The average Bonchev–Trinajstić information content (AvgIpc) is 2.29. The summed E-state index contributed by atoms with van der Waals surface area (Å²) in [7, 11) is 0. The molecule has 1 aliphatic heterocycles. The van der Waals surface area contributed by atoms with E-state index in [1.54, 1.807) is 0 Å². The molecular weight excluding hydrogens is 201 g/mol. The van der Waals surface area contributed by atoms with E-state index in [4.69, 9.17) is 0 Å². The molecule has 0 atom stereocenters. The van der Waals surface area contributed by atoms with E-state index in [0.29, 0.717) is 5.01 Å². The van der Waals surface area contributed by atoms with E-state index in [1.165, 1.54) is 0 Å². The zero-order valence-electron chi connectivity index (χ0n) is 6.56. The first kappa shape index (κ1) is 8.96. The van der Waals surface area contributed by atoms with Gasteiger partial charge in [0.1, 0.15) is 0 Å². The van der Waals surface area contributed by atoms with Crippen molar-refractivity contribution in [1.82, 2.24) is 10.3 Å². The van der Waals surface area contributed by atoms with Crippen LogP contribution in [0.3, 0.4) is 0 Å².